The van der Waals surface area contributed by atoms with Crippen molar-refractivity contribution >= 4 is 87.9 Å². The number of halogens is 4. The van der Waals surface area contributed by atoms with Gasteiger partial charge in [0.2, 0.25) is 0 Å². The third-order valence-corrected chi connectivity index (χ3v) is 8.98. The molecule has 2 aromatic carbocycles. The highest BCUT2D eigenvalue weighted by molar-refractivity contribution is 9.11. The lowest BCUT2D eigenvalue weighted by Crippen LogP contribution is -2.02. The molecule has 216 valence electrons. The highest BCUT2D eigenvalue weighted by Gasteiger charge is 2.09. The van der Waals surface area contributed by atoms with Crippen molar-refractivity contribution in [2.75, 3.05) is 6.26 Å². The Kier molecular flexibility index (Phi) is 14.0. The molecule has 0 aliphatic carbocycles. The van der Waals surface area contributed by atoms with E-state index >= 15 is 0 Å². The SMILES string of the molecule is Cc1nc(Br)sc1COS(C)(=O)=O.Cc1nc(Br)sc1COc1ccc(C#N)c(Cl)c1.N#Cc1ccc(O)cc1Cl. The number of rotatable bonds is 6. The molecule has 16 heteroatoms. The highest BCUT2D eigenvalue weighted by Crippen LogP contribution is 2.27. The van der Waals surface area contributed by atoms with Crippen LogP contribution < -0.4 is 4.74 Å². The van der Waals surface area contributed by atoms with E-state index in [9.17, 15) is 8.42 Å². The number of phenolic OH excluding ortho intramolecular Hbond substituents is 1. The van der Waals surface area contributed by atoms with Crippen LogP contribution in [-0.2, 0) is 27.5 Å². The first-order valence-corrected chi connectivity index (χ1v) is 16.8. The van der Waals surface area contributed by atoms with E-state index < -0.39 is 10.1 Å². The predicted octanol–water partition coefficient (Wildman–Crippen LogP) is 7.93. The van der Waals surface area contributed by atoms with Gasteiger partial charge in [-0.3, -0.25) is 4.18 Å². The van der Waals surface area contributed by atoms with Gasteiger partial charge in [-0.2, -0.15) is 18.9 Å². The minimum Gasteiger partial charge on any atom is -0.508 e. The Bertz CT molecular complexity index is 1700. The Morgan fingerprint density at radius 1 is 0.902 bits per heavy atom. The van der Waals surface area contributed by atoms with Crippen molar-refractivity contribution in [2.45, 2.75) is 27.1 Å². The van der Waals surface area contributed by atoms with E-state index in [1.807, 2.05) is 26.0 Å². The van der Waals surface area contributed by atoms with Gasteiger partial charge in [0.1, 0.15) is 36.9 Å². The Morgan fingerprint density at radius 3 is 1.80 bits per heavy atom. The Morgan fingerprint density at radius 2 is 1.39 bits per heavy atom. The average molecular weight is 783 g/mol. The second kappa shape index (κ2) is 16.4. The molecule has 9 nitrogen and oxygen atoms in total. The van der Waals surface area contributed by atoms with E-state index in [1.54, 1.807) is 29.5 Å². The first kappa shape index (κ1) is 34.9. The highest BCUT2D eigenvalue weighted by atomic mass is 79.9. The summed E-state index contributed by atoms with van der Waals surface area (Å²) in [6.07, 6.45) is 1.03. The molecular weight excluding hydrogens is 763 g/mol. The van der Waals surface area contributed by atoms with Gasteiger partial charge in [-0.05, 0) is 76.0 Å². The number of hydrogen-bond donors (Lipinski definition) is 1. The molecule has 2 heterocycles. The van der Waals surface area contributed by atoms with Crippen molar-refractivity contribution in [2.24, 2.45) is 0 Å². The minimum absolute atomic E-state index is 0.0634. The van der Waals surface area contributed by atoms with Gasteiger partial charge in [-0.25, -0.2) is 9.97 Å². The lowest BCUT2D eigenvalue weighted by atomic mass is 10.2. The van der Waals surface area contributed by atoms with Gasteiger partial charge in [-0.15, -0.1) is 22.7 Å². The van der Waals surface area contributed by atoms with Crippen molar-refractivity contribution in [1.82, 2.24) is 9.97 Å². The number of thiazole rings is 2. The Hall–Kier alpha value is -2.27. The van der Waals surface area contributed by atoms with Gasteiger partial charge in [0.25, 0.3) is 10.1 Å². The van der Waals surface area contributed by atoms with E-state index in [0.717, 1.165) is 35.2 Å². The molecule has 0 atom stereocenters. The molecule has 4 rings (SSSR count). The van der Waals surface area contributed by atoms with Crippen LogP contribution in [-0.4, -0.2) is 29.7 Å². The van der Waals surface area contributed by atoms with Crippen LogP contribution >= 0.6 is 77.7 Å². The van der Waals surface area contributed by atoms with E-state index in [0.29, 0.717) is 28.5 Å². The summed E-state index contributed by atoms with van der Waals surface area (Å²) in [5, 5.41) is 26.7. The van der Waals surface area contributed by atoms with Gasteiger partial charge < -0.3 is 9.84 Å². The Balaban J connectivity index is 0.000000226. The summed E-state index contributed by atoms with van der Waals surface area (Å²) in [5.41, 5.74) is 2.56. The fraction of sp³-hybridized carbons (Fsp3) is 0.200. The van der Waals surface area contributed by atoms with E-state index in [4.69, 9.17) is 43.6 Å². The molecule has 0 spiro atoms. The maximum atomic E-state index is 10.7. The molecule has 0 saturated carbocycles. The number of benzene rings is 2. The largest absolute Gasteiger partial charge is 0.508 e. The second-order valence-corrected chi connectivity index (χ2v) is 14.9. The van der Waals surface area contributed by atoms with Gasteiger partial charge in [0, 0.05) is 6.07 Å². The number of aromatic hydroxyl groups is 1. The van der Waals surface area contributed by atoms with Crippen LogP contribution in [0.3, 0.4) is 0 Å². The van der Waals surface area contributed by atoms with Crippen molar-refractivity contribution in [1.29, 1.82) is 10.5 Å². The molecule has 0 unspecified atom stereocenters. The van der Waals surface area contributed by atoms with Crippen LogP contribution in [0.1, 0.15) is 32.3 Å². The summed E-state index contributed by atoms with van der Waals surface area (Å²) < 4.78 is 33.2. The summed E-state index contributed by atoms with van der Waals surface area (Å²) in [4.78, 5) is 10.2. The summed E-state index contributed by atoms with van der Waals surface area (Å²) in [6, 6.07) is 13.1. The maximum absolute atomic E-state index is 10.7. The van der Waals surface area contributed by atoms with Crippen LogP contribution in [0.15, 0.2) is 44.2 Å². The minimum atomic E-state index is -3.37. The quantitative estimate of drug-likeness (QED) is 0.193. The molecule has 4 aromatic rings. The second-order valence-electron chi connectivity index (χ2n) is 7.74. The number of ether oxygens (including phenoxy) is 1. The zero-order chi connectivity index (χ0) is 30.7. The van der Waals surface area contributed by atoms with Crippen LogP contribution in [0.25, 0.3) is 0 Å². The van der Waals surface area contributed by atoms with Crippen molar-refractivity contribution < 1.29 is 22.4 Å². The molecule has 2 aromatic heterocycles. The fourth-order valence-corrected chi connectivity index (χ4v) is 6.57. The van der Waals surface area contributed by atoms with Gasteiger partial charge >= 0.3 is 0 Å². The fourth-order valence-electron chi connectivity index (χ4n) is 2.63. The average Bonchev–Trinajstić information content (AvgIpc) is 3.39. The third kappa shape index (κ3) is 12.2. The summed E-state index contributed by atoms with van der Waals surface area (Å²) in [6.45, 7) is 4.25. The van der Waals surface area contributed by atoms with Crippen LogP contribution in [0.5, 0.6) is 11.5 Å². The first-order valence-electron chi connectivity index (χ1n) is 11.0. The molecule has 1 N–H and O–H groups in total. The van der Waals surface area contributed by atoms with Crippen molar-refractivity contribution in [3.05, 3.63) is 86.5 Å². The van der Waals surface area contributed by atoms with Crippen molar-refractivity contribution in [3.63, 3.8) is 0 Å². The lowest BCUT2D eigenvalue weighted by molar-refractivity contribution is 0.309. The van der Waals surface area contributed by atoms with Gasteiger partial charge in [0.05, 0.1) is 48.6 Å². The van der Waals surface area contributed by atoms with Crippen LogP contribution in [0.4, 0.5) is 0 Å². The van der Waals surface area contributed by atoms with Crippen LogP contribution in [0.2, 0.25) is 10.0 Å². The number of aryl methyl sites for hydroxylation is 2. The molecule has 0 fully saturated rings. The number of aromatic nitrogens is 2. The Labute approximate surface area is 272 Å². The number of nitrogens with zero attached hydrogens (tertiary/aromatic N) is 4. The summed E-state index contributed by atoms with van der Waals surface area (Å²) in [7, 11) is -3.37. The number of nitriles is 2. The predicted molar refractivity (Wildman–Crippen MR) is 167 cm³/mol. The van der Waals surface area contributed by atoms with E-state index in [2.05, 4.69) is 46.0 Å². The zero-order valence-corrected chi connectivity index (χ0v) is 28.6. The molecule has 0 aliphatic heterocycles. The molecule has 0 bridgehead atoms. The summed E-state index contributed by atoms with van der Waals surface area (Å²) in [5.74, 6) is 0.715. The van der Waals surface area contributed by atoms with E-state index in [1.165, 1.54) is 29.5 Å². The third-order valence-electron chi connectivity index (χ3n) is 4.64. The number of hydrogen-bond acceptors (Lipinski definition) is 11. The normalized spacial score (nSPS) is 10.4. The van der Waals surface area contributed by atoms with Crippen LogP contribution in [0, 0.1) is 36.5 Å². The maximum Gasteiger partial charge on any atom is 0.264 e. The molecule has 0 radical (unpaired) electrons. The van der Waals surface area contributed by atoms with Gasteiger partial charge in [-0.1, -0.05) is 23.2 Å². The monoisotopic (exact) mass is 780 g/mol. The summed E-state index contributed by atoms with van der Waals surface area (Å²) >= 11 is 20.9. The molecular formula is C25H20Br2Cl2N4O5S3. The van der Waals surface area contributed by atoms with Crippen molar-refractivity contribution in [3.8, 4) is 23.6 Å². The first-order chi connectivity index (χ1) is 19.2. The smallest absolute Gasteiger partial charge is 0.264 e. The molecule has 0 amide bonds. The molecule has 41 heavy (non-hydrogen) atoms. The molecule has 0 aliphatic rings. The standard InChI is InChI=1S/C12H8BrClN2OS.C7H4ClNO.C6H8BrNO3S2/c1-7-11(18-12(13)16-7)6-17-9-3-2-8(5-15)10(14)4-9;8-7-3-6(10)2-1-5(7)4-9;1-4-5(12-6(7)8-4)3-11-13(2,9)10/h2-4H,6H2,1H3;1-3,10H;3H2,1-2H3. The van der Waals surface area contributed by atoms with E-state index in [-0.39, 0.29) is 17.4 Å². The van der Waals surface area contributed by atoms with Gasteiger partial charge in [0.15, 0.2) is 7.83 Å². The lowest BCUT2D eigenvalue weighted by Gasteiger charge is -2.05. The topological polar surface area (TPSA) is 146 Å². The number of phenols is 1. The molecule has 0 saturated heterocycles. The zero-order valence-electron chi connectivity index (χ0n) is 21.5.